The number of carbonyl (C=O) groups excluding carboxylic acids is 2. The molecule has 10 nitrogen and oxygen atoms in total. The predicted molar refractivity (Wildman–Crippen MR) is 225 cm³/mol. The maximum Gasteiger partial charge on any atom is 0.318 e. The quantitative estimate of drug-likeness (QED) is 0.129. The van der Waals surface area contributed by atoms with Crippen molar-refractivity contribution in [1.82, 2.24) is 20.5 Å². The van der Waals surface area contributed by atoms with Crippen LogP contribution in [0, 0.1) is 13.8 Å². The topological polar surface area (TPSA) is 111 Å². The summed E-state index contributed by atoms with van der Waals surface area (Å²) in [5.74, 6) is 3.20. The third-order valence-corrected chi connectivity index (χ3v) is 11.6. The number of benzene rings is 4. The lowest BCUT2D eigenvalue weighted by Gasteiger charge is -2.39. The second-order valence-corrected chi connectivity index (χ2v) is 16.2. The van der Waals surface area contributed by atoms with Crippen LogP contribution >= 0.6 is 23.2 Å². The number of carbonyl (C=O) groups is 2. The highest BCUT2D eigenvalue weighted by atomic mass is 35.5. The van der Waals surface area contributed by atoms with Gasteiger partial charge in [-0.2, -0.15) is 0 Å². The van der Waals surface area contributed by atoms with Gasteiger partial charge in [0.2, 0.25) is 5.91 Å². The zero-order chi connectivity index (χ0) is 41.0. The average Bonchev–Trinajstić information content (AvgIpc) is 3.22. The van der Waals surface area contributed by atoms with Crippen molar-refractivity contribution in [3.05, 3.63) is 140 Å². The fourth-order valence-electron chi connectivity index (χ4n) is 6.81. The van der Waals surface area contributed by atoms with Crippen molar-refractivity contribution in [2.45, 2.75) is 84.7 Å². The number of nitrogens with one attached hydrogen (secondary N) is 2. The van der Waals surface area contributed by atoms with Gasteiger partial charge in [0.05, 0.1) is 10.0 Å². The molecule has 1 aromatic heterocycles. The number of pyridine rings is 1. The number of fused-ring (bicyclic) bond motifs is 2. The number of ether oxygens (including phenoxy) is 4. The molecule has 3 heterocycles. The summed E-state index contributed by atoms with van der Waals surface area (Å²) in [4.78, 5) is 33.7. The fraction of sp³-hybridized carbons (Fsp3) is 0.326. The molecule has 4 aromatic carbocycles. The first-order valence-corrected chi connectivity index (χ1v) is 20.3. The van der Waals surface area contributed by atoms with Crippen LogP contribution in [0.25, 0.3) is 0 Å². The lowest BCUT2D eigenvalue weighted by atomic mass is 9.92. The number of amides is 3. The van der Waals surface area contributed by atoms with Gasteiger partial charge in [0, 0.05) is 42.5 Å². The Hall–Kier alpha value is -5.45. The molecular formula is C46H48Cl2N4O6. The fourth-order valence-corrected chi connectivity index (χ4v) is 7.13. The molecule has 3 amide bonds. The van der Waals surface area contributed by atoms with E-state index in [1.54, 1.807) is 23.2 Å². The van der Waals surface area contributed by atoms with E-state index < -0.39 is 11.6 Å². The standard InChI is InChI=1S/C46H48Cl2N4O6/c1-6-46(4,5)51-45(54)52-25-34-24-42-41(56-27-43(58-42)32-10-14-35(15-11-32)55-26-31-9-16-37(47)38(48)21-31)23-33(34)22-39(52)44(53)50-19-17-30-7-12-36(13-8-30)57-40-18-20-49-29(3)28(40)2/h7-16,18,20-21,23-24,39,43H,6,17,19,22,25-27H2,1-5H3,(H,50,53)(H,51,54). The molecule has 0 spiro atoms. The SMILES string of the molecule is CCC(C)(C)NC(=O)N1Cc2cc3c(cc2CC1C(=O)NCCc1ccc(Oc2ccnc(C)c2C)cc1)OCC(c1ccc(OCc2ccc(Cl)c(Cl)c2)cc1)O3. The molecular weight excluding hydrogens is 775 g/mol. The largest absolute Gasteiger partial charge is 0.489 e. The van der Waals surface area contributed by atoms with Crippen LogP contribution in [-0.2, 0) is 30.8 Å². The van der Waals surface area contributed by atoms with Crippen molar-refractivity contribution < 1.29 is 28.5 Å². The molecule has 0 radical (unpaired) electrons. The van der Waals surface area contributed by atoms with Crippen molar-refractivity contribution in [2.24, 2.45) is 0 Å². The molecule has 302 valence electrons. The van der Waals surface area contributed by atoms with Crippen molar-refractivity contribution in [1.29, 1.82) is 0 Å². The van der Waals surface area contributed by atoms with Crippen molar-refractivity contribution >= 4 is 35.1 Å². The summed E-state index contributed by atoms with van der Waals surface area (Å²) in [6.07, 6.45) is 3.08. The van der Waals surface area contributed by atoms with Crippen LogP contribution in [0.2, 0.25) is 10.0 Å². The van der Waals surface area contributed by atoms with Gasteiger partial charge in [-0.3, -0.25) is 9.78 Å². The molecule has 0 fully saturated rings. The Balaban J connectivity index is 0.998. The molecule has 2 atom stereocenters. The summed E-state index contributed by atoms with van der Waals surface area (Å²) in [5.41, 5.74) is 6.22. The number of halogens is 2. The van der Waals surface area contributed by atoms with E-state index in [1.807, 2.05) is 107 Å². The highest BCUT2D eigenvalue weighted by Gasteiger charge is 2.37. The second-order valence-electron chi connectivity index (χ2n) is 15.4. The first-order chi connectivity index (χ1) is 27.9. The Morgan fingerprint density at radius 1 is 0.897 bits per heavy atom. The number of aromatic nitrogens is 1. The number of nitrogens with zero attached hydrogens (tertiary/aromatic N) is 2. The maximum absolute atomic E-state index is 13.9. The lowest BCUT2D eigenvalue weighted by Crippen LogP contribution is -2.58. The van der Waals surface area contributed by atoms with Crippen LogP contribution in [0.4, 0.5) is 4.79 Å². The molecule has 58 heavy (non-hydrogen) atoms. The van der Waals surface area contributed by atoms with Crippen molar-refractivity contribution in [2.75, 3.05) is 13.2 Å². The van der Waals surface area contributed by atoms with E-state index in [-0.39, 0.29) is 24.6 Å². The number of aryl methyl sites for hydroxylation is 1. The van der Waals surface area contributed by atoms with Gasteiger partial charge < -0.3 is 34.5 Å². The Morgan fingerprint density at radius 3 is 2.36 bits per heavy atom. The number of hydrogen-bond acceptors (Lipinski definition) is 7. The van der Waals surface area contributed by atoms with E-state index in [9.17, 15) is 9.59 Å². The van der Waals surface area contributed by atoms with Gasteiger partial charge in [-0.25, -0.2) is 4.79 Å². The summed E-state index contributed by atoms with van der Waals surface area (Å²) >= 11 is 12.2. The van der Waals surface area contributed by atoms with Crippen LogP contribution in [0.5, 0.6) is 28.7 Å². The van der Waals surface area contributed by atoms with Gasteiger partial charge >= 0.3 is 6.03 Å². The van der Waals surface area contributed by atoms with Crippen LogP contribution in [-0.4, -0.2) is 46.6 Å². The van der Waals surface area contributed by atoms with E-state index in [2.05, 4.69) is 15.6 Å². The van der Waals surface area contributed by atoms with Gasteiger partial charge in [-0.1, -0.05) is 60.5 Å². The highest BCUT2D eigenvalue weighted by molar-refractivity contribution is 6.42. The average molecular weight is 824 g/mol. The Labute approximate surface area is 349 Å². The summed E-state index contributed by atoms with van der Waals surface area (Å²) in [6.45, 7) is 11.2. The molecule has 2 aliphatic rings. The third-order valence-electron chi connectivity index (χ3n) is 10.9. The first kappa shape index (κ1) is 40.7. The van der Waals surface area contributed by atoms with E-state index in [0.717, 1.165) is 57.0 Å². The number of rotatable bonds is 12. The number of urea groups is 1. The van der Waals surface area contributed by atoms with E-state index in [4.69, 9.17) is 42.1 Å². The summed E-state index contributed by atoms with van der Waals surface area (Å²) in [6, 6.07) is 25.7. The zero-order valence-corrected chi connectivity index (χ0v) is 34.9. The summed E-state index contributed by atoms with van der Waals surface area (Å²) < 4.78 is 24.8. The van der Waals surface area contributed by atoms with Gasteiger partial charge in [-0.05, 0) is 123 Å². The Kier molecular flexibility index (Phi) is 12.4. The molecule has 5 aromatic rings. The molecule has 0 bridgehead atoms. The van der Waals surface area contributed by atoms with E-state index in [0.29, 0.717) is 59.9 Å². The molecule has 2 aliphatic heterocycles. The van der Waals surface area contributed by atoms with Crippen LogP contribution in [0.15, 0.2) is 91.1 Å². The van der Waals surface area contributed by atoms with E-state index in [1.165, 1.54) is 0 Å². The first-order valence-electron chi connectivity index (χ1n) is 19.5. The summed E-state index contributed by atoms with van der Waals surface area (Å²) in [5, 5.41) is 7.22. The lowest BCUT2D eigenvalue weighted by molar-refractivity contribution is -0.126. The molecule has 0 aliphatic carbocycles. The highest BCUT2D eigenvalue weighted by Crippen LogP contribution is 2.41. The molecule has 12 heteroatoms. The molecule has 7 rings (SSSR count). The zero-order valence-electron chi connectivity index (χ0n) is 33.4. The van der Waals surface area contributed by atoms with E-state index >= 15 is 0 Å². The van der Waals surface area contributed by atoms with Crippen molar-refractivity contribution in [3.8, 4) is 28.7 Å². The molecule has 0 saturated carbocycles. The van der Waals surface area contributed by atoms with Gasteiger partial charge in [0.1, 0.15) is 36.5 Å². The van der Waals surface area contributed by atoms with Crippen LogP contribution < -0.4 is 29.6 Å². The van der Waals surface area contributed by atoms with Gasteiger partial charge in [0.15, 0.2) is 17.6 Å². The molecule has 2 unspecified atom stereocenters. The normalized spacial score (nSPS) is 15.9. The molecule has 0 saturated heterocycles. The predicted octanol–water partition coefficient (Wildman–Crippen LogP) is 9.87. The minimum Gasteiger partial charge on any atom is -0.489 e. The van der Waals surface area contributed by atoms with Gasteiger partial charge in [0.25, 0.3) is 0 Å². The minimum absolute atomic E-state index is 0.210. The Bertz CT molecular complexity index is 2280. The number of hydrogen-bond donors (Lipinski definition) is 2. The Morgan fingerprint density at radius 2 is 1.62 bits per heavy atom. The van der Waals surface area contributed by atoms with Crippen molar-refractivity contribution in [3.63, 3.8) is 0 Å². The third kappa shape index (κ3) is 9.63. The summed E-state index contributed by atoms with van der Waals surface area (Å²) in [7, 11) is 0. The monoisotopic (exact) mass is 822 g/mol. The molecule has 2 N–H and O–H groups in total. The smallest absolute Gasteiger partial charge is 0.318 e. The van der Waals surface area contributed by atoms with Crippen LogP contribution in [0.1, 0.15) is 72.4 Å². The minimum atomic E-state index is -0.712. The van der Waals surface area contributed by atoms with Gasteiger partial charge in [-0.15, -0.1) is 0 Å². The maximum atomic E-state index is 13.9. The van der Waals surface area contributed by atoms with Crippen LogP contribution in [0.3, 0.4) is 0 Å². The second kappa shape index (κ2) is 17.6.